The largest absolute Gasteiger partial charge is 0.283 e. The Morgan fingerprint density at radius 3 is 1.60 bits per heavy atom. The summed E-state index contributed by atoms with van der Waals surface area (Å²) >= 11 is 0. The molecule has 7 rings (SSSR count). The van der Waals surface area contributed by atoms with Gasteiger partial charge in [-0.05, 0) is 66.8 Å². The molecule has 0 atom stereocenters. The van der Waals surface area contributed by atoms with E-state index in [2.05, 4.69) is 99.3 Å². The van der Waals surface area contributed by atoms with E-state index in [1.165, 1.54) is 57.4 Å². The summed E-state index contributed by atoms with van der Waals surface area (Å²) in [4.78, 5) is 0. The van der Waals surface area contributed by atoms with Crippen LogP contribution < -0.4 is 0 Å². The van der Waals surface area contributed by atoms with E-state index < -0.39 is 7.85 Å². The lowest BCUT2D eigenvalue weighted by Gasteiger charge is -2.11. The van der Waals surface area contributed by atoms with Crippen molar-refractivity contribution in [1.29, 1.82) is 0 Å². The van der Waals surface area contributed by atoms with E-state index >= 15 is 0 Å². The number of para-hydroxylation sites is 2. The first-order valence-electron chi connectivity index (χ1n) is 10.7. The van der Waals surface area contributed by atoms with Gasteiger partial charge in [0.05, 0.1) is 29.9 Å². The highest BCUT2D eigenvalue weighted by Crippen LogP contribution is 2.47. The fraction of sp³-hybridized carbons (Fsp3) is 0.111. The van der Waals surface area contributed by atoms with Crippen LogP contribution in [0.25, 0.3) is 38.1 Å². The minimum Gasteiger partial charge on any atom is -0.283 e. The van der Waals surface area contributed by atoms with Crippen LogP contribution in [0.15, 0.2) is 91.0 Å². The van der Waals surface area contributed by atoms with Gasteiger partial charge >= 0.3 is 0 Å². The third-order valence-corrected chi connectivity index (χ3v) is 8.95. The molecule has 2 nitrogen and oxygen atoms in total. The number of hydrogen-bond acceptors (Lipinski definition) is 0. The molecule has 3 aromatic carbocycles. The second-order valence-electron chi connectivity index (χ2n) is 8.24. The first-order valence-corrected chi connectivity index (χ1v) is 11.9. The van der Waals surface area contributed by atoms with Gasteiger partial charge in [-0.15, -0.1) is 0 Å². The van der Waals surface area contributed by atoms with Crippen LogP contribution in [0.3, 0.4) is 0 Å². The summed E-state index contributed by atoms with van der Waals surface area (Å²) in [6.07, 6.45) is 3.59. The van der Waals surface area contributed by atoms with Crippen molar-refractivity contribution in [2.75, 3.05) is 0 Å². The molecule has 6 aromatic rings. The van der Waals surface area contributed by atoms with Crippen molar-refractivity contribution in [3.8, 4) is 5.30 Å². The average molecular weight is 404 g/mol. The van der Waals surface area contributed by atoms with Crippen LogP contribution in [0.5, 0.6) is 0 Å². The molecule has 0 unspecified atom stereocenters. The molecule has 1 aliphatic rings. The van der Waals surface area contributed by atoms with E-state index in [1.807, 2.05) is 0 Å². The van der Waals surface area contributed by atoms with Gasteiger partial charge in [0.25, 0.3) is 0 Å². The first kappa shape index (κ1) is 16.6. The molecule has 0 radical (unpaired) electrons. The molecule has 3 aromatic heterocycles. The lowest BCUT2D eigenvalue weighted by Crippen LogP contribution is -1.88. The summed E-state index contributed by atoms with van der Waals surface area (Å²) in [5, 5.41) is 4.07. The van der Waals surface area contributed by atoms with Crippen molar-refractivity contribution in [1.82, 2.24) is 8.33 Å². The highest BCUT2D eigenvalue weighted by Gasteiger charge is 2.23. The van der Waals surface area contributed by atoms with Gasteiger partial charge < -0.3 is 0 Å². The molecular weight excluding hydrogens is 383 g/mol. The van der Waals surface area contributed by atoms with Crippen molar-refractivity contribution in [3.63, 3.8) is 0 Å². The molecule has 0 spiro atoms. The molecular formula is C27H21N2P. The Kier molecular flexibility index (Phi) is 3.39. The standard InChI is InChI=1S/C27H21N2P/c1-2-11-21(12-3-1)30-28-24-15-6-4-9-19(24)17-26(28)22-13-8-14-23(22)27-18-20-10-5-7-16-25(20)29(27)30/h1-7,9-12,15-18H,8,13-14H2. The highest BCUT2D eigenvalue weighted by molar-refractivity contribution is 7.51. The van der Waals surface area contributed by atoms with Gasteiger partial charge in [0.2, 0.25) is 0 Å². The monoisotopic (exact) mass is 404 g/mol. The fourth-order valence-corrected chi connectivity index (χ4v) is 7.93. The van der Waals surface area contributed by atoms with E-state index in [9.17, 15) is 0 Å². The Hall–Kier alpha value is -3.22. The first-order chi connectivity index (χ1) is 14.9. The third-order valence-electron chi connectivity index (χ3n) is 6.57. The van der Waals surface area contributed by atoms with Gasteiger partial charge in [-0.3, -0.25) is 8.33 Å². The summed E-state index contributed by atoms with van der Waals surface area (Å²) in [5.74, 6) is 0. The molecule has 0 amide bonds. The van der Waals surface area contributed by atoms with Gasteiger partial charge in [0.15, 0.2) is 0 Å². The van der Waals surface area contributed by atoms with Gasteiger partial charge in [-0.25, -0.2) is 0 Å². The van der Waals surface area contributed by atoms with Crippen LogP contribution in [0.4, 0.5) is 0 Å². The predicted octanol–water partition coefficient (Wildman–Crippen LogP) is 7.53. The normalized spacial score (nSPS) is 13.6. The van der Waals surface area contributed by atoms with Crippen molar-refractivity contribution >= 4 is 40.7 Å². The zero-order chi connectivity index (χ0) is 19.7. The lowest BCUT2D eigenvalue weighted by molar-refractivity contribution is 0.912. The Morgan fingerprint density at radius 1 is 0.533 bits per heavy atom. The van der Waals surface area contributed by atoms with Crippen LogP contribution >= 0.6 is 7.85 Å². The van der Waals surface area contributed by atoms with Crippen LogP contribution in [0.2, 0.25) is 0 Å². The molecule has 0 saturated heterocycles. The molecule has 0 saturated carbocycles. The second-order valence-corrected chi connectivity index (χ2v) is 10.1. The maximum atomic E-state index is 2.66. The van der Waals surface area contributed by atoms with E-state index in [1.54, 1.807) is 11.1 Å². The summed E-state index contributed by atoms with van der Waals surface area (Å²) < 4.78 is 5.31. The number of aromatic nitrogens is 2. The minimum atomic E-state index is -0.784. The summed E-state index contributed by atoms with van der Waals surface area (Å²) in [7, 11) is -0.784. The number of hydrogen-bond donors (Lipinski definition) is 0. The van der Waals surface area contributed by atoms with Crippen LogP contribution in [0, 0.1) is 0 Å². The van der Waals surface area contributed by atoms with Gasteiger partial charge in [-0.2, -0.15) is 0 Å². The molecule has 0 fully saturated rings. The molecule has 3 heterocycles. The van der Waals surface area contributed by atoms with E-state index in [0.29, 0.717) is 0 Å². The SMILES string of the molecule is c1ccc(-p2n3c(cc4ccccc43)c3c(c4cc5ccccc5n42)CCC3)cc1. The molecule has 1 aliphatic carbocycles. The Labute approximate surface area is 175 Å². The number of nitrogens with zero attached hydrogens (tertiary/aromatic N) is 2. The lowest BCUT2D eigenvalue weighted by atomic mass is 10.1. The van der Waals surface area contributed by atoms with Gasteiger partial charge in [0, 0.05) is 16.1 Å². The molecule has 0 aliphatic heterocycles. The maximum Gasteiger partial charge on any atom is 0.0684 e. The maximum absolute atomic E-state index is 2.66. The smallest absolute Gasteiger partial charge is 0.0684 e. The van der Waals surface area contributed by atoms with Crippen molar-refractivity contribution < 1.29 is 0 Å². The quantitative estimate of drug-likeness (QED) is 0.268. The van der Waals surface area contributed by atoms with Crippen LogP contribution in [-0.4, -0.2) is 8.33 Å². The predicted molar refractivity (Wildman–Crippen MR) is 128 cm³/mol. The summed E-state index contributed by atoms with van der Waals surface area (Å²) in [6.45, 7) is 0. The van der Waals surface area contributed by atoms with E-state index in [-0.39, 0.29) is 0 Å². The molecule has 0 N–H and O–H groups in total. The summed E-state index contributed by atoms with van der Waals surface area (Å²) in [6, 6.07) is 33.8. The Balaban J connectivity index is 1.88. The fourth-order valence-electron chi connectivity index (χ4n) is 5.31. The van der Waals surface area contributed by atoms with Crippen molar-refractivity contribution in [2.24, 2.45) is 0 Å². The minimum absolute atomic E-state index is 0.784. The zero-order valence-electron chi connectivity index (χ0n) is 16.6. The molecule has 0 bridgehead atoms. The third kappa shape index (κ3) is 2.15. The van der Waals surface area contributed by atoms with E-state index in [4.69, 9.17) is 0 Å². The number of aryl methyl sites for hydroxylation is 2. The van der Waals surface area contributed by atoms with Crippen LogP contribution in [0.1, 0.15) is 17.5 Å². The van der Waals surface area contributed by atoms with Gasteiger partial charge in [-0.1, -0.05) is 54.6 Å². The van der Waals surface area contributed by atoms with Crippen molar-refractivity contribution in [3.05, 3.63) is 102 Å². The Bertz CT molecular complexity index is 1510. The topological polar surface area (TPSA) is 8.82 Å². The summed E-state index contributed by atoms with van der Waals surface area (Å²) in [5.41, 5.74) is 8.63. The number of fused-ring (bicyclic) bond motifs is 9. The molecule has 30 heavy (non-hydrogen) atoms. The molecule has 144 valence electrons. The zero-order valence-corrected chi connectivity index (χ0v) is 17.5. The number of rotatable bonds is 1. The highest BCUT2D eigenvalue weighted by atomic mass is 31.1. The van der Waals surface area contributed by atoms with E-state index in [0.717, 1.165) is 0 Å². The Morgan fingerprint density at radius 2 is 1.03 bits per heavy atom. The molecule has 3 heteroatoms. The number of benzene rings is 3. The van der Waals surface area contributed by atoms with Crippen LogP contribution in [-0.2, 0) is 12.8 Å². The van der Waals surface area contributed by atoms with Crippen molar-refractivity contribution in [2.45, 2.75) is 19.3 Å². The van der Waals surface area contributed by atoms with Gasteiger partial charge in [0.1, 0.15) is 0 Å². The second kappa shape index (κ2) is 6.14. The average Bonchev–Trinajstić information content (AvgIpc) is 3.49.